The minimum absolute atomic E-state index is 0.457. The Morgan fingerprint density at radius 2 is 1.46 bits per heavy atom. The Kier molecular flexibility index (Phi) is 11.7. The highest BCUT2D eigenvalue weighted by atomic mass is 31.2. The molecule has 0 bridgehead atoms. The van der Waals surface area contributed by atoms with E-state index in [2.05, 4.69) is 22.8 Å². The van der Waals surface area contributed by atoms with Crippen LogP contribution in [0.25, 0.3) is 0 Å². The van der Waals surface area contributed by atoms with Gasteiger partial charge in [-0.15, -0.1) is 0 Å². The summed E-state index contributed by atoms with van der Waals surface area (Å²) in [7, 11) is 1.40. The first-order chi connectivity index (χ1) is 13.5. The Balaban J connectivity index is 2.31. The van der Waals surface area contributed by atoms with E-state index in [4.69, 9.17) is 9.05 Å². The zero-order valence-electron chi connectivity index (χ0n) is 17.2. The molecule has 8 heteroatoms. The number of likely N-dealkylation sites (N-methyl/N-ethyl adjacent to an activating group) is 1. The third kappa shape index (κ3) is 9.00. The normalized spacial score (nSPS) is 11.2. The fourth-order valence-electron chi connectivity index (χ4n) is 2.95. The first-order valence-corrected chi connectivity index (χ1v) is 11.5. The maximum atomic E-state index is 12.0. The lowest BCUT2D eigenvalue weighted by Gasteiger charge is -2.13. The van der Waals surface area contributed by atoms with Crippen molar-refractivity contribution < 1.29 is 23.2 Å². The van der Waals surface area contributed by atoms with Crippen molar-refractivity contribution in [3.05, 3.63) is 35.4 Å². The summed E-state index contributed by atoms with van der Waals surface area (Å²) in [6.45, 7) is 0.472. The second-order valence-electron chi connectivity index (χ2n) is 6.57. The molecular weight excluding hydrogens is 379 g/mol. The topological polar surface area (TPSA) is 93.7 Å². The Labute approximate surface area is 168 Å². The minimum atomic E-state index is -2.88. The molecule has 0 aliphatic rings. The van der Waals surface area contributed by atoms with Gasteiger partial charge in [0.1, 0.15) is 0 Å². The van der Waals surface area contributed by atoms with Gasteiger partial charge in [0.05, 0.1) is 6.16 Å². The molecule has 0 atom stereocenters. The highest BCUT2D eigenvalue weighted by Gasteiger charge is 2.19. The van der Waals surface area contributed by atoms with E-state index < -0.39 is 19.4 Å². The largest absolute Gasteiger partial charge is 0.351 e. The molecule has 0 saturated heterocycles. The molecule has 2 N–H and O–H groups in total. The maximum Gasteiger partial charge on any atom is 0.330 e. The summed E-state index contributed by atoms with van der Waals surface area (Å²) in [5, 5.41) is 4.92. The fourth-order valence-corrected chi connectivity index (χ4v) is 4.08. The molecule has 0 heterocycles. The van der Waals surface area contributed by atoms with E-state index in [-0.39, 0.29) is 0 Å². The Morgan fingerprint density at radius 3 is 2.04 bits per heavy atom. The molecule has 0 aliphatic heterocycles. The zero-order valence-corrected chi connectivity index (χ0v) is 18.1. The van der Waals surface area contributed by atoms with Gasteiger partial charge in [0, 0.05) is 27.8 Å². The number of benzene rings is 1. The van der Waals surface area contributed by atoms with Crippen LogP contribution in [0.5, 0.6) is 0 Å². The summed E-state index contributed by atoms with van der Waals surface area (Å²) in [6, 6.07) is 8.32. The van der Waals surface area contributed by atoms with Gasteiger partial charge < -0.3 is 19.7 Å². The number of hydrogen-bond donors (Lipinski definition) is 2. The number of carbonyl (C=O) groups is 2. The summed E-state index contributed by atoms with van der Waals surface area (Å²) in [5.41, 5.74) is 2.60. The summed E-state index contributed by atoms with van der Waals surface area (Å²) >= 11 is 0. The molecule has 2 amide bonds. The summed E-state index contributed by atoms with van der Waals surface area (Å²) in [5.74, 6) is -1.21. The second kappa shape index (κ2) is 13.5. The van der Waals surface area contributed by atoms with Crippen LogP contribution < -0.4 is 10.6 Å². The van der Waals surface area contributed by atoms with E-state index in [0.29, 0.717) is 12.7 Å². The average molecular weight is 412 g/mol. The summed E-state index contributed by atoms with van der Waals surface area (Å²) in [6.07, 6.45) is 7.03. The van der Waals surface area contributed by atoms with Crippen molar-refractivity contribution in [1.29, 1.82) is 0 Å². The van der Waals surface area contributed by atoms with E-state index >= 15 is 0 Å². The number of rotatable bonds is 13. The van der Waals surface area contributed by atoms with Gasteiger partial charge in [-0.2, -0.15) is 0 Å². The Hall–Kier alpha value is -1.69. The van der Waals surface area contributed by atoms with Gasteiger partial charge in [-0.25, -0.2) is 0 Å². The van der Waals surface area contributed by atoms with Crippen molar-refractivity contribution in [2.24, 2.45) is 0 Å². The van der Waals surface area contributed by atoms with Crippen LogP contribution in [0.15, 0.2) is 24.3 Å². The van der Waals surface area contributed by atoms with E-state index in [9.17, 15) is 14.2 Å². The first kappa shape index (κ1) is 24.3. The SMILES string of the molecule is CNC(=O)C(=O)NCCCc1ccccc1CCCCCCP(=O)(OC)OC. The number of unbranched alkanes of at least 4 members (excludes halogenated alkanes) is 3. The van der Waals surface area contributed by atoms with E-state index in [1.54, 1.807) is 0 Å². The van der Waals surface area contributed by atoms with Crippen LogP contribution in [-0.2, 0) is 36.0 Å². The lowest BCUT2D eigenvalue weighted by Crippen LogP contribution is -2.38. The molecule has 0 unspecified atom stereocenters. The van der Waals surface area contributed by atoms with Crippen LogP contribution in [0.4, 0.5) is 0 Å². The summed E-state index contributed by atoms with van der Waals surface area (Å²) in [4.78, 5) is 22.6. The molecule has 0 saturated carbocycles. The van der Waals surface area contributed by atoms with Crippen molar-refractivity contribution in [3.8, 4) is 0 Å². The predicted molar refractivity (Wildman–Crippen MR) is 111 cm³/mol. The van der Waals surface area contributed by atoms with Gasteiger partial charge in [0.15, 0.2) is 0 Å². The highest BCUT2D eigenvalue weighted by Crippen LogP contribution is 2.47. The molecule has 0 radical (unpaired) electrons. The molecule has 0 aromatic heterocycles. The van der Waals surface area contributed by atoms with Crippen molar-refractivity contribution in [1.82, 2.24) is 10.6 Å². The standard InChI is InChI=1S/C20H33N2O5P/c1-21-19(23)20(24)22-15-10-14-18-13-8-7-12-17(18)11-6-4-5-9-16-28(25,26-2)27-3/h7-8,12-13H,4-6,9-11,14-16H2,1-3H3,(H,21,23)(H,22,24). The van der Waals surface area contributed by atoms with E-state index in [1.807, 2.05) is 12.1 Å². The third-order valence-corrected chi connectivity index (χ3v) is 6.62. The van der Waals surface area contributed by atoms with Crippen LogP contribution in [0.2, 0.25) is 0 Å². The molecule has 1 aromatic rings. The van der Waals surface area contributed by atoms with Crippen molar-refractivity contribution in [2.75, 3.05) is 34.0 Å². The Morgan fingerprint density at radius 1 is 0.893 bits per heavy atom. The van der Waals surface area contributed by atoms with Crippen molar-refractivity contribution >= 4 is 19.4 Å². The maximum absolute atomic E-state index is 12.0. The van der Waals surface area contributed by atoms with E-state index in [1.165, 1.54) is 32.4 Å². The van der Waals surface area contributed by atoms with Gasteiger partial charge in [0.2, 0.25) is 0 Å². The molecule has 0 fully saturated rings. The molecular formula is C20H33N2O5P. The van der Waals surface area contributed by atoms with Gasteiger partial charge in [0.25, 0.3) is 0 Å². The lowest BCUT2D eigenvalue weighted by molar-refractivity contribution is -0.138. The number of carbonyl (C=O) groups excluding carboxylic acids is 2. The van der Waals surface area contributed by atoms with Crippen LogP contribution in [0, 0.1) is 0 Å². The van der Waals surface area contributed by atoms with Crippen molar-refractivity contribution in [3.63, 3.8) is 0 Å². The Bertz CT molecular complexity index is 658. The van der Waals surface area contributed by atoms with Crippen LogP contribution in [-0.4, -0.2) is 45.8 Å². The van der Waals surface area contributed by atoms with Crippen molar-refractivity contribution in [2.45, 2.75) is 44.9 Å². The average Bonchev–Trinajstić information content (AvgIpc) is 2.73. The highest BCUT2D eigenvalue weighted by molar-refractivity contribution is 7.53. The number of amides is 2. The minimum Gasteiger partial charge on any atom is -0.351 e. The third-order valence-electron chi connectivity index (χ3n) is 4.64. The number of hydrogen-bond acceptors (Lipinski definition) is 5. The van der Waals surface area contributed by atoms with E-state index in [0.717, 1.165) is 44.9 Å². The molecule has 0 aliphatic carbocycles. The monoisotopic (exact) mass is 412 g/mol. The van der Waals surface area contributed by atoms with Crippen LogP contribution in [0.3, 0.4) is 0 Å². The van der Waals surface area contributed by atoms with Crippen LogP contribution in [0.1, 0.15) is 43.2 Å². The number of aryl methyl sites for hydroxylation is 2. The van der Waals surface area contributed by atoms with Crippen LogP contribution >= 0.6 is 7.60 Å². The lowest BCUT2D eigenvalue weighted by atomic mass is 9.98. The number of nitrogens with one attached hydrogen (secondary N) is 2. The summed E-state index contributed by atoms with van der Waals surface area (Å²) < 4.78 is 21.9. The van der Waals surface area contributed by atoms with Gasteiger partial charge in [-0.1, -0.05) is 37.1 Å². The zero-order chi connectivity index (χ0) is 20.8. The quantitative estimate of drug-likeness (QED) is 0.295. The second-order valence-corrected chi connectivity index (χ2v) is 8.97. The predicted octanol–water partition coefficient (Wildman–Crippen LogP) is 3.07. The smallest absolute Gasteiger partial charge is 0.330 e. The fraction of sp³-hybridized carbons (Fsp3) is 0.600. The van der Waals surface area contributed by atoms with Gasteiger partial charge in [-0.3, -0.25) is 14.2 Å². The van der Waals surface area contributed by atoms with Gasteiger partial charge in [-0.05, 0) is 43.2 Å². The first-order valence-electron chi connectivity index (χ1n) is 9.73. The van der Waals surface area contributed by atoms with Gasteiger partial charge >= 0.3 is 19.4 Å². The molecule has 7 nitrogen and oxygen atoms in total. The molecule has 1 rings (SSSR count). The molecule has 0 spiro atoms. The molecule has 158 valence electrons. The molecule has 1 aromatic carbocycles. The molecule has 28 heavy (non-hydrogen) atoms.